The first kappa shape index (κ1) is 14.8. The normalized spacial score (nSPS) is 30.5. The monoisotopic (exact) mass is 272 g/mol. The number of pyridine rings is 1. The minimum absolute atomic E-state index is 0.0809. The number of fused-ring (bicyclic) bond motifs is 1. The van der Waals surface area contributed by atoms with Crippen molar-refractivity contribution in [3.8, 4) is 0 Å². The molecule has 0 bridgehead atoms. The molecule has 0 fully saturated rings. The molecule has 0 spiro atoms. The Bertz CT molecular complexity index is 649. The van der Waals surface area contributed by atoms with Crippen molar-refractivity contribution < 1.29 is 0 Å². The molecule has 0 aromatic carbocycles. The molecule has 2 rings (SSSR count). The van der Waals surface area contributed by atoms with Crippen molar-refractivity contribution in [2.24, 2.45) is 5.73 Å². The van der Waals surface area contributed by atoms with Gasteiger partial charge in [0.15, 0.2) is 0 Å². The fourth-order valence-corrected chi connectivity index (χ4v) is 3.26. The van der Waals surface area contributed by atoms with Crippen LogP contribution in [0.2, 0.25) is 0 Å². The number of hydrogen-bond donors (Lipinski definition) is 2. The highest BCUT2D eigenvalue weighted by molar-refractivity contribution is 5.47. The number of hydrogen-bond acceptors (Lipinski definition) is 2. The van der Waals surface area contributed by atoms with Crippen LogP contribution >= 0.6 is 0 Å². The van der Waals surface area contributed by atoms with Crippen LogP contribution in [-0.4, -0.2) is 4.98 Å². The summed E-state index contributed by atoms with van der Waals surface area (Å²) >= 11 is 0. The average Bonchev–Trinajstić information content (AvgIpc) is 2.42. The molecular formula is C17H24N2O. The van der Waals surface area contributed by atoms with Gasteiger partial charge in [0.1, 0.15) is 0 Å². The maximum absolute atomic E-state index is 11.8. The Morgan fingerprint density at radius 2 is 2.05 bits per heavy atom. The van der Waals surface area contributed by atoms with Gasteiger partial charge in [-0.1, -0.05) is 23.3 Å². The van der Waals surface area contributed by atoms with Crippen LogP contribution in [-0.2, 0) is 11.0 Å². The molecular weight excluding hydrogens is 248 g/mol. The van der Waals surface area contributed by atoms with E-state index < -0.39 is 5.54 Å². The SMILES string of the molecule is C/C=C(/C)C1(C)C=C(C)C[C@](C)(N)c2ccc(=O)[nH]c21. The lowest BCUT2D eigenvalue weighted by molar-refractivity contribution is 0.483. The summed E-state index contributed by atoms with van der Waals surface area (Å²) in [4.78, 5) is 14.8. The molecule has 108 valence electrons. The third-order valence-corrected chi connectivity index (χ3v) is 4.49. The van der Waals surface area contributed by atoms with E-state index in [1.165, 1.54) is 11.1 Å². The van der Waals surface area contributed by atoms with Gasteiger partial charge in [-0.25, -0.2) is 0 Å². The number of aromatic amines is 1. The standard InChI is InChI=1S/C17H24N2O/c1-6-12(3)16(4)9-11(2)10-17(5,18)13-7-8-14(20)19-15(13)16/h6-9H,10,18H2,1-5H3,(H,19,20)/b12-6-/t16?,17-/m0/s1. The summed E-state index contributed by atoms with van der Waals surface area (Å²) in [6.07, 6.45) is 5.12. The lowest BCUT2D eigenvalue weighted by atomic mass is 9.76. The summed E-state index contributed by atoms with van der Waals surface area (Å²) in [5.74, 6) is 0. The van der Waals surface area contributed by atoms with Crippen LogP contribution in [0.25, 0.3) is 0 Å². The molecule has 0 saturated carbocycles. The Morgan fingerprint density at radius 1 is 1.40 bits per heavy atom. The molecule has 3 heteroatoms. The smallest absolute Gasteiger partial charge is 0.248 e. The number of nitrogens with two attached hydrogens (primary N) is 1. The average molecular weight is 272 g/mol. The van der Waals surface area contributed by atoms with E-state index in [-0.39, 0.29) is 11.0 Å². The second-order valence-corrected chi connectivity index (χ2v) is 6.37. The predicted octanol–water partition coefficient (Wildman–Crippen LogP) is 3.12. The summed E-state index contributed by atoms with van der Waals surface area (Å²) in [7, 11) is 0. The number of rotatable bonds is 1. The summed E-state index contributed by atoms with van der Waals surface area (Å²) in [6.45, 7) is 10.4. The van der Waals surface area contributed by atoms with Crippen LogP contribution in [0.4, 0.5) is 0 Å². The quantitative estimate of drug-likeness (QED) is 0.772. The second-order valence-electron chi connectivity index (χ2n) is 6.37. The summed E-state index contributed by atoms with van der Waals surface area (Å²) in [5, 5.41) is 0. The van der Waals surface area contributed by atoms with Crippen LogP contribution < -0.4 is 11.3 Å². The number of nitrogens with one attached hydrogen (secondary N) is 1. The third-order valence-electron chi connectivity index (χ3n) is 4.49. The van der Waals surface area contributed by atoms with Gasteiger partial charge in [0.2, 0.25) is 5.56 Å². The van der Waals surface area contributed by atoms with E-state index in [1.54, 1.807) is 6.07 Å². The van der Waals surface area contributed by atoms with Crippen LogP contribution in [0.1, 0.15) is 52.3 Å². The summed E-state index contributed by atoms with van der Waals surface area (Å²) in [6, 6.07) is 3.44. The first-order chi connectivity index (χ1) is 9.20. The van der Waals surface area contributed by atoms with Crippen LogP contribution in [0, 0.1) is 0 Å². The van der Waals surface area contributed by atoms with Crippen molar-refractivity contribution in [1.82, 2.24) is 4.98 Å². The number of allylic oxidation sites excluding steroid dienone is 3. The van der Waals surface area contributed by atoms with E-state index in [2.05, 4.69) is 37.9 Å². The molecule has 1 aromatic rings. The molecule has 1 aliphatic carbocycles. The number of aromatic nitrogens is 1. The molecule has 3 N–H and O–H groups in total. The van der Waals surface area contributed by atoms with Gasteiger partial charge in [-0.2, -0.15) is 0 Å². The molecule has 1 heterocycles. The lowest BCUT2D eigenvalue weighted by Gasteiger charge is -2.32. The van der Waals surface area contributed by atoms with Gasteiger partial charge in [-0.05, 0) is 52.7 Å². The van der Waals surface area contributed by atoms with Gasteiger partial charge in [-0.3, -0.25) is 4.79 Å². The Labute approximate surface area is 120 Å². The zero-order chi connectivity index (χ0) is 15.1. The highest BCUT2D eigenvalue weighted by Crippen LogP contribution is 2.42. The molecule has 1 aromatic heterocycles. The van der Waals surface area contributed by atoms with Crippen molar-refractivity contribution in [1.29, 1.82) is 0 Å². The minimum atomic E-state index is -0.466. The van der Waals surface area contributed by atoms with E-state index in [9.17, 15) is 4.79 Å². The Balaban J connectivity index is 2.86. The molecule has 0 saturated heterocycles. The second kappa shape index (κ2) is 4.74. The van der Waals surface area contributed by atoms with Crippen LogP contribution in [0.3, 0.4) is 0 Å². The maximum Gasteiger partial charge on any atom is 0.248 e. The van der Waals surface area contributed by atoms with Gasteiger partial charge in [-0.15, -0.1) is 0 Å². The predicted molar refractivity (Wildman–Crippen MR) is 83.8 cm³/mol. The van der Waals surface area contributed by atoms with E-state index in [4.69, 9.17) is 5.73 Å². The van der Waals surface area contributed by atoms with Gasteiger partial charge in [0.25, 0.3) is 0 Å². The Morgan fingerprint density at radius 3 is 2.65 bits per heavy atom. The number of H-pyrrole nitrogens is 1. The van der Waals surface area contributed by atoms with E-state index in [0.717, 1.165) is 17.7 Å². The zero-order valence-electron chi connectivity index (χ0n) is 13.0. The van der Waals surface area contributed by atoms with Crippen molar-refractivity contribution in [2.45, 2.75) is 52.0 Å². The molecule has 20 heavy (non-hydrogen) atoms. The van der Waals surface area contributed by atoms with Crippen molar-refractivity contribution in [3.63, 3.8) is 0 Å². The Hall–Kier alpha value is -1.61. The highest BCUT2D eigenvalue weighted by Gasteiger charge is 2.37. The Kier molecular flexibility index (Phi) is 3.51. The van der Waals surface area contributed by atoms with Gasteiger partial charge >= 0.3 is 0 Å². The van der Waals surface area contributed by atoms with E-state index in [1.807, 2.05) is 19.9 Å². The molecule has 0 aliphatic heterocycles. The fraction of sp³-hybridized carbons (Fsp3) is 0.471. The van der Waals surface area contributed by atoms with E-state index >= 15 is 0 Å². The first-order valence-electron chi connectivity index (χ1n) is 7.05. The van der Waals surface area contributed by atoms with Gasteiger partial charge < -0.3 is 10.7 Å². The molecule has 1 aliphatic rings. The van der Waals surface area contributed by atoms with Crippen molar-refractivity contribution in [2.75, 3.05) is 0 Å². The van der Waals surface area contributed by atoms with Gasteiger partial charge in [0.05, 0.1) is 0 Å². The maximum atomic E-state index is 11.8. The van der Waals surface area contributed by atoms with E-state index in [0.29, 0.717) is 0 Å². The zero-order valence-corrected chi connectivity index (χ0v) is 13.0. The topological polar surface area (TPSA) is 58.9 Å². The summed E-state index contributed by atoms with van der Waals surface area (Å²) in [5.41, 5.74) is 10.0. The largest absolute Gasteiger partial charge is 0.325 e. The molecule has 0 amide bonds. The van der Waals surface area contributed by atoms with Crippen molar-refractivity contribution >= 4 is 0 Å². The lowest BCUT2D eigenvalue weighted by Crippen LogP contribution is -2.37. The molecule has 3 nitrogen and oxygen atoms in total. The highest BCUT2D eigenvalue weighted by atomic mass is 16.1. The molecule has 0 radical (unpaired) electrons. The summed E-state index contributed by atoms with van der Waals surface area (Å²) < 4.78 is 0. The van der Waals surface area contributed by atoms with Crippen molar-refractivity contribution in [3.05, 3.63) is 57.0 Å². The molecule has 1 unspecified atom stereocenters. The fourth-order valence-electron chi connectivity index (χ4n) is 3.26. The minimum Gasteiger partial charge on any atom is -0.325 e. The van der Waals surface area contributed by atoms with Crippen LogP contribution in [0.5, 0.6) is 0 Å². The van der Waals surface area contributed by atoms with Crippen LogP contribution in [0.15, 0.2) is 40.2 Å². The van der Waals surface area contributed by atoms with Gasteiger partial charge in [0, 0.05) is 22.7 Å². The first-order valence-corrected chi connectivity index (χ1v) is 7.05. The third kappa shape index (κ3) is 2.27. The molecule has 2 atom stereocenters.